The molecule has 0 aliphatic rings. The van der Waals surface area contributed by atoms with Gasteiger partial charge in [-0.3, -0.25) is 4.79 Å². The molecule has 0 spiro atoms. The van der Waals surface area contributed by atoms with E-state index in [0.29, 0.717) is 17.7 Å². The number of aromatic nitrogens is 1. The summed E-state index contributed by atoms with van der Waals surface area (Å²) in [6.07, 6.45) is 0.692. The number of para-hydroxylation sites is 2. The van der Waals surface area contributed by atoms with Gasteiger partial charge >= 0.3 is 11.9 Å². The highest BCUT2D eigenvalue weighted by Gasteiger charge is 2.20. The maximum absolute atomic E-state index is 12.3. The van der Waals surface area contributed by atoms with E-state index >= 15 is 0 Å². The van der Waals surface area contributed by atoms with E-state index in [9.17, 15) is 9.59 Å². The van der Waals surface area contributed by atoms with Crippen molar-refractivity contribution in [3.05, 3.63) is 70.9 Å². The summed E-state index contributed by atoms with van der Waals surface area (Å²) in [7, 11) is 2.92. The number of hydrogen-bond donors (Lipinski definition) is 0. The molecule has 1 aromatic heterocycles. The van der Waals surface area contributed by atoms with Gasteiger partial charge in [0.2, 0.25) is 0 Å². The van der Waals surface area contributed by atoms with Crippen LogP contribution in [-0.4, -0.2) is 31.1 Å². The van der Waals surface area contributed by atoms with Crippen LogP contribution in [0.5, 0.6) is 5.75 Å². The Balaban J connectivity index is 1.75. The SMILES string of the molecule is COC(=O)c1c(COC(=O)CCc2ccccc2OC)nc2ccccc2c1C. The van der Waals surface area contributed by atoms with E-state index in [4.69, 9.17) is 14.2 Å². The van der Waals surface area contributed by atoms with Gasteiger partial charge in [-0.25, -0.2) is 9.78 Å². The fraction of sp³-hybridized carbons (Fsp3) is 0.261. The van der Waals surface area contributed by atoms with Crippen molar-refractivity contribution in [1.29, 1.82) is 0 Å². The number of ether oxygens (including phenoxy) is 3. The number of nitrogens with zero attached hydrogens (tertiary/aromatic N) is 1. The number of pyridine rings is 1. The highest BCUT2D eigenvalue weighted by molar-refractivity contribution is 5.98. The second-order valence-corrected chi connectivity index (χ2v) is 6.54. The van der Waals surface area contributed by atoms with Crippen molar-refractivity contribution in [3.63, 3.8) is 0 Å². The monoisotopic (exact) mass is 393 g/mol. The van der Waals surface area contributed by atoms with Crippen LogP contribution in [0.2, 0.25) is 0 Å². The molecule has 0 bridgehead atoms. The Hall–Kier alpha value is -3.41. The fourth-order valence-electron chi connectivity index (χ4n) is 3.29. The average Bonchev–Trinajstić information content (AvgIpc) is 2.76. The molecule has 2 aromatic carbocycles. The van der Waals surface area contributed by atoms with E-state index < -0.39 is 5.97 Å². The summed E-state index contributed by atoms with van der Waals surface area (Å²) < 4.78 is 15.6. The average molecular weight is 393 g/mol. The zero-order valence-electron chi connectivity index (χ0n) is 16.7. The number of aryl methyl sites for hydroxylation is 2. The minimum absolute atomic E-state index is 0.0964. The van der Waals surface area contributed by atoms with Crippen LogP contribution in [0.25, 0.3) is 10.9 Å². The topological polar surface area (TPSA) is 74.7 Å². The van der Waals surface area contributed by atoms with Crippen molar-refractivity contribution in [1.82, 2.24) is 4.98 Å². The first-order valence-electron chi connectivity index (χ1n) is 9.29. The molecule has 3 aromatic rings. The Bertz CT molecular complexity index is 1040. The van der Waals surface area contributed by atoms with E-state index in [2.05, 4.69) is 4.98 Å². The minimum Gasteiger partial charge on any atom is -0.496 e. The molecule has 0 atom stereocenters. The van der Waals surface area contributed by atoms with Gasteiger partial charge in [-0.05, 0) is 36.6 Å². The Morgan fingerprint density at radius 3 is 2.48 bits per heavy atom. The van der Waals surface area contributed by atoms with Crippen LogP contribution in [0.4, 0.5) is 0 Å². The van der Waals surface area contributed by atoms with Crippen molar-refractivity contribution >= 4 is 22.8 Å². The summed E-state index contributed by atoms with van der Waals surface area (Å²) in [6.45, 7) is 1.74. The van der Waals surface area contributed by atoms with Gasteiger partial charge in [0.25, 0.3) is 0 Å². The summed E-state index contributed by atoms with van der Waals surface area (Å²) in [5.74, 6) is -0.139. The van der Waals surface area contributed by atoms with Gasteiger partial charge in [0, 0.05) is 11.8 Å². The molecule has 0 aliphatic heterocycles. The van der Waals surface area contributed by atoms with Crippen LogP contribution < -0.4 is 4.74 Å². The zero-order valence-corrected chi connectivity index (χ0v) is 16.7. The summed E-state index contributed by atoms with van der Waals surface area (Å²) in [4.78, 5) is 29.1. The molecule has 150 valence electrons. The number of methoxy groups -OCH3 is 2. The molecule has 0 aliphatic carbocycles. The Kier molecular flexibility index (Phi) is 6.44. The smallest absolute Gasteiger partial charge is 0.340 e. The van der Waals surface area contributed by atoms with Gasteiger partial charge in [0.1, 0.15) is 12.4 Å². The van der Waals surface area contributed by atoms with Crippen molar-refractivity contribution in [3.8, 4) is 5.75 Å². The second-order valence-electron chi connectivity index (χ2n) is 6.54. The summed E-state index contributed by atoms with van der Waals surface area (Å²) >= 11 is 0. The molecular weight excluding hydrogens is 370 g/mol. The maximum atomic E-state index is 12.3. The number of fused-ring (bicyclic) bond motifs is 1. The summed E-state index contributed by atoms with van der Waals surface area (Å²) in [6, 6.07) is 15.0. The summed E-state index contributed by atoms with van der Waals surface area (Å²) in [5, 5.41) is 0.860. The first kappa shape index (κ1) is 20.3. The minimum atomic E-state index is -0.499. The molecule has 0 saturated heterocycles. The molecule has 6 heteroatoms. The lowest BCUT2D eigenvalue weighted by atomic mass is 10.0. The highest BCUT2D eigenvalue weighted by Crippen LogP contribution is 2.24. The second kappa shape index (κ2) is 9.19. The van der Waals surface area contributed by atoms with Gasteiger partial charge < -0.3 is 14.2 Å². The lowest BCUT2D eigenvalue weighted by molar-refractivity contribution is -0.145. The van der Waals surface area contributed by atoms with Gasteiger partial charge in [-0.1, -0.05) is 36.4 Å². The molecule has 0 amide bonds. The molecule has 6 nitrogen and oxygen atoms in total. The van der Waals surface area contributed by atoms with E-state index in [1.165, 1.54) is 7.11 Å². The molecule has 0 N–H and O–H groups in total. The Morgan fingerprint density at radius 1 is 1.00 bits per heavy atom. The van der Waals surface area contributed by atoms with Gasteiger partial charge in [0.05, 0.1) is 31.0 Å². The lowest BCUT2D eigenvalue weighted by Gasteiger charge is -2.13. The fourth-order valence-corrected chi connectivity index (χ4v) is 3.29. The zero-order chi connectivity index (χ0) is 20.8. The normalized spacial score (nSPS) is 10.6. The molecule has 3 rings (SSSR count). The van der Waals surface area contributed by atoms with Gasteiger partial charge in [0.15, 0.2) is 0 Å². The number of hydrogen-bond acceptors (Lipinski definition) is 6. The van der Waals surface area contributed by atoms with E-state index in [-0.39, 0.29) is 19.0 Å². The standard InChI is InChI=1S/C23H23NO5/c1-15-17-9-5-6-10-18(17)24-19(22(15)23(26)28-3)14-29-21(25)13-12-16-8-4-7-11-20(16)27-2/h4-11H,12-14H2,1-3H3. The van der Waals surface area contributed by atoms with Crippen molar-refractivity contribution in [2.75, 3.05) is 14.2 Å². The number of benzene rings is 2. The van der Waals surface area contributed by atoms with Crippen LogP contribution in [0, 0.1) is 6.92 Å². The Morgan fingerprint density at radius 2 is 1.72 bits per heavy atom. The molecule has 0 radical (unpaired) electrons. The van der Waals surface area contributed by atoms with E-state index in [1.54, 1.807) is 7.11 Å². The van der Waals surface area contributed by atoms with Crippen LogP contribution >= 0.6 is 0 Å². The maximum Gasteiger partial charge on any atom is 0.340 e. The third-order valence-electron chi connectivity index (χ3n) is 4.78. The third kappa shape index (κ3) is 4.54. The number of rotatable bonds is 7. The van der Waals surface area contributed by atoms with Crippen molar-refractivity contribution in [2.24, 2.45) is 0 Å². The number of carbonyl (C=O) groups excluding carboxylic acids is 2. The van der Waals surface area contributed by atoms with Crippen molar-refractivity contribution in [2.45, 2.75) is 26.4 Å². The van der Waals surface area contributed by atoms with Crippen molar-refractivity contribution < 1.29 is 23.8 Å². The first-order valence-corrected chi connectivity index (χ1v) is 9.29. The third-order valence-corrected chi connectivity index (χ3v) is 4.78. The van der Waals surface area contributed by atoms with E-state index in [1.807, 2.05) is 55.5 Å². The van der Waals surface area contributed by atoms with Gasteiger partial charge in [-0.15, -0.1) is 0 Å². The molecular formula is C23H23NO5. The quantitative estimate of drug-likeness (QED) is 0.565. The molecule has 0 unspecified atom stereocenters. The van der Waals surface area contributed by atoms with E-state index in [0.717, 1.165) is 27.8 Å². The molecule has 0 saturated carbocycles. The highest BCUT2D eigenvalue weighted by atomic mass is 16.5. The first-order chi connectivity index (χ1) is 14.0. The molecule has 1 heterocycles. The number of carbonyl (C=O) groups is 2. The molecule has 0 fully saturated rings. The van der Waals surface area contributed by atoms with Crippen LogP contribution in [-0.2, 0) is 27.3 Å². The predicted octanol–water partition coefficient (Wildman–Crippen LogP) is 4.01. The molecule has 29 heavy (non-hydrogen) atoms. The lowest BCUT2D eigenvalue weighted by Crippen LogP contribution is -2.14. The predicted molar refractivity (Wildman–Crippen MR) is 109 cm³/mol. The largest absolute Gasteiger partial charge is 0.496 e. The number of esters is 2. The van der Waals surface area contributed by atoms with Crippen LogP contribution in [0.3, 0.4) is 0 Å². The summed E-state index contributed by atoms with van der Waals surface area (Å²) in [5.41, 5.74) is 3.14. The Labute approximate surface area is 169 Å². The van der Waals surface area contributed by atoms with Crippen LogP contribution in [0.15, 0.2) is 48.5 Å². The van der Waals surface area contributed by atoms with Crippen LogP contribution in [0.1, 0.15) is 33.6 Å². The van der Waals surface area contributed by atoms with Gasteiger partial charge in [-0.2, -0.15) is 0 Å².